The first-order valence-corrected chi connectivity index (χ1v) is 6.04. The van der Waals surface area contributed by atoms with Gasteiger partial charge in [-0.2, -0.15) is 5.26 Å². The molecule has 0 aliphatic rings. The molecule has 0 spiro atoms. The maximum absolute atomic E-state index is 13.0. The van der Waals surface area contributed by atoms with E-state index < -0.39 is 0 Å². The normalized spacial score (nSPS) is 9.95. The molecule has 4 heteroatoms. The molecule has 1 aromatic heterocycles. The lowest BCUT2D eigenvalue weighted by atomic mass is 10.1. The Bertz CT molecular complexity index is 617. The van der Waals surface area contributed by atoms with Crippen molar-refractivity contribution in [2.45, 2.75) is 13.3 Å². The van der Waals surface area contributed by atoms with E-state index in [1.165, 1.54) is 12.1 Å². The van der Waals surface area contributed by atoms with Gasteiger partial charge in [0, 0.05) is 12.7 Å². The molecule has 0 unspecified atom stereocenters. The van der Waals surface area contributed by atoms with Gasteiger partial charge in [0.1, 0.15) is 17.7 Å². The summed E-state index contributed by atoms with van der Waals surface area (Å²) in [6.45, 7) is 2.48. The number of halogens is 1. The highest BCUT2D eigenvalue weighted by Gasteiger charge is 2.05. The maximum Gasteiger partial charge on any atom is 0.144 e. The molecule has 2 rings (SSSR count). The first-order chi connectivity index (χ1) is 9.20. The molecular weight excluding hydrogens is 241 g/mol. The molecule has 1 N–H and O–H groups in total. The van der Waals surface area contributed by atoms with Gasteiger partial charge < -0.3 is 5.32 Å². The lowest BCUT2D eigenvalue weighted by Gasteiger charge is -2.08. The van der Waals surface area contributed by atoms with Gasteiger partial charge in [0.25, 0.3) is 0 Å². The summed E-state index contributed by atoms with van der Waals surface area (Å²) >= 11 is 0. The molecule has 3 nitrogen and oxygen atoms in total. The Hall–Kier alpha value is -2.41. The van der Waals surface area contributed by atoms with Crippen LogP contribution in [-0.4, -0.2) is 11.5 Å². The van der Waals surface area contributed by atoms with Crippen molar-refractivity contribution < 1.29 is 4.39 Å². The van der Waals surface area contributed by atoms with E-state index >= 15 is 0 Å². The Morgan fingerprint density at radius 1 is 1.37 bits per heavy atom. The standard InChI is InChI=1S/C15H14FN3/c1-11-5-7-18-15(14(11)10-17)19-8-6-12-3-2-4-13(16)9-12/h2-5,7,9H,6,8H2,1H3,(H,18,19). The highest BCUT2D eigenvalue weighted by molar-refractivity contribution is 5.55. The fourth-order valence-corrected chi connectivity index (χ4v) is 1.85. The number of aromatic nitrogens is 1. The largest absolute Gasteiger partial charge is 0.369 e. The number of aryl methyl sites for hydroxylation is 1. The van der Waals surface area contributed by atoms with Crippen molar-refractivity contribution in [3.8, 4) is 6.07 Å². The second-order valence-electron chi connectivity index (χ2n) is 4.27. The molecule has 0 aliphatic heterocycles. The third-order valence-electron chi connectivity index (χ3n) is 2.87. The number of benzene rings is 1. The summed E-state index contributed by atoms with van der Waals surface area (Å²) in [6.07, 6.45) is 2.35. The molecule has 2 aromatic rings. The van der Waals surface area contributed by atoms with E-state index in [2.05, 4.69) is 16.4 Å². The van der Waals surface area contributed by atoms with Gasteiger partial charge in [0.05, 0.1) is 5.56 Å². The molecule has 0 saturated heterocycles. The highest BCUT2D eigenvalue weighted by atomic mass is 19.1. The van der Waals surface area contributed by atoms with Crippen LogP contribution >= 0.6 is 0 Å². The zero-order valence-corrected chi connectivity index (χ0v) is 10.7. The van der Waals surface area contributed by atoms with Gasteiger partial charge >= 0.3 is 0 Å². The van der Waals surface area contributed by atoms with E-state index in [0.717, 1.165) is 11.1 Å². The zero-order valence-electron chi connectivity index (χ0n) is 10.7. The molecule has 96 valence electrons. The van der Waals surface area contributed by atoms with E-state index in [0.29, 0.717) is 24.3 Å². The van der Waals surface area contributed by atoms with Crippen LogP contribution in [0.15, 0.2) is 36.5 Å². The first kappa shape index (κ1) is 13.0. The van der Waals surface area contributed by atoms with Crippen LogP contribution in [0.5, 0.6) is 0 Å². The minimum atomic E-state index is -0.233. The third kappa shape index (κ3) is 3.29. The maximum atomic E-state index is 13.0. The van der Waals surface area contributed by atoms with Crippen LogP contribution in [0.3, 0.4) is 0 Å². The minimum absolute atomic E-state index is 0.233. The van der Waals surface area contributed by atoms with Gasteiger partial charge in [-0.25, -0.2) is 9.37 Å². The van der Waals surface area contributed by atoms with E-state index in [-0.39, 0.29) is 5.82 Å². The average molecular weight is 255 g/mol. The van der Waals surface area contributed by atoms with Crippen molar-refractivity contribution in [3.05, 3.63) is 59.0 Å². The lowest BCUT2D eigenvalue weighted by Crippen LogP contribution is -2.08. The van der Waals surface area contributed by atoms with Gasteiger partial charge in [0.15, 0.2) is 0 Å². The zero-order chi connectivity index (χ0) is 13.7. The van der Waals surface area contributed by atoms with E-state index in [1.54, 1.807) is 18.3 Å². The highest BCUT2D eigenvalue weighted by Crippen LogP contribution is 2.15. The lowest BCUT2D eigenvalue weighted by molar-refractivity contribution is 0.625. The van der Waals surface area contributed by atoms with Crippen molar-refractivity contribution in [1.29, 1.82) is 5.26 Å². The van der Waals surface area contributed by atoms with Crippen molar-refractivity contribution in [2.75, 3.05) is 11.9 Å². The Balaban J connectivity index is 2.00. The summed E-state index contributed by atoms with van der Waals surface area (Å²) in [5, 5.41) is 12.2. The van der Waals surface area contributed by atoms with Gasteiger partial charge in [-0.05, 0) is 42.7 Å². The van der Waals surface area contributed by atoms with Crippen molar-refractivity contribution in [1.82, 2.24) is 4.98 Å². The number of hydrogen-bond donors (Lipinski definition) is 1. The molecule has 0 saturated carbocycles. The number of nitrogens with one attached hydrogen (secondary N) is 1. The van der Waals surface area contributed by atoms with Crippen LogP contribution in [0.25, 0.3) is 0 Å². The summed E-state index contributed by atoms with van der Waals surface area (Å²) in [5.74, 6) is 0.350. The SMILES string of the molecule is Cc1ccnc(NCCc2cccc(F)c2)c1C#N. The van der Waals surface area contributed by atoms with Crippen molar-refractivity contribution >= 4 is 5.82 Å². The smallest absolute Gasteiger partial charge is 0.144 e. The number of hydrogen-bond acceptors (Lipinski definition) is 3. The van der Waals surface area contributed by atoms with E-state index in [4.69, 9.17) is 5.26 Å². The van der Waals surface area contributed by atoms with Crippen molar-refractivity contribution in [2.24, 2.45) is 0 Å². The van der Waals surface area contributed by atoms with Gasteiger partial charge in [-0.3, -0.25) is 0 Å². The molecular formula is C15H14FN3. The quantitative estimate of drug-likeness (QED) is 0.913. The molecule has 0 amide bonds. The Morgan fingerprint density at radius 2 is 2.21 bits per heavy atom. The van der Waals surface area contributed by atoms with Crippen molar-refractivity contribution in [3.63, 3.8) is 0 Å². The number of pyridine rings is 1. The number of anilines is 1. The molecule has 0 bridgehead atoms. The molecule has 0 radical (unpaired) electrons. The fraction of sp³-hybridized carbons (Fsp3) is 0.200. The summed E-state index contributed by atoms with van der Waals surface area (Å²) < 4.78 is 13.0. The van der Waals surface area contributed by atoms with E-state index in [1.807, 2.05) is 13.0 Å². The minimum Gasteiger partial charge on any atom is -0.369 e. The first-order valence-electron chi connectivity index (χ1n) is 6.04. The van der Waals surface area contributed by atoms with Crippen LogP contribution in [0.2, 0.25) is 0 Å². The van der Waals surface area contributed by atoms with Gasteiger partial charge in [-0.1, -0.05) is 12.1 Å². The molecule has 0 fully saturated rings. The Labute approximate surface area is 111 Å². The topological polar surface area (TPSA) is 48.7 Å². The molecule has 1 aromatic carbocycles. The predicted octanol–water partition coefficient (Wildman–Crippen LogP) is 3.06. The van der Waals surface area contributed by atoms with Gasteiger partial charge in [0.2, 0.25) is 0 Å². The van der Waals surface area contributed by atoms with Crippen LogP contribution in [0.4, 0.5) is 10.2 Å². The second-order valence-corrected chi connectivity index (χ2v) is 4.27. The number of nitriles is 1. The summed E-state index contributed by atoms with van der Waals surface area (Å²) in [7, 11) is 0. The van der Waals surface area contributed by atoms with Crippen LogP contribution in [0.1, 0.15) is 16.7 Å². The summed E-state index contributed by atoms with van der Waals surface area (Å²) in [5.41, 5.74) is 2.37. The Morgan fingerprint density at radius 3 is 2.95 bits per heavy atom. The van der Waals surface area contributed by atoms with Crippen LogP contribution in [-0.2, 0) is 6.42 Å². The van der Waals surface area contributed by atoms with Crippen LogP contribution < -0.4 is 5.32 Å². The molecule has 0 atom stereocenters. The molecule has 1 heterocycles. The van der Waals surface area contributed by atoms with E-state index in [9.17, 15) is 4.39 Å². The van der Waals surface area contributed by atoms with Crippen LogP contribution in [0, 0.1) is 24.1 Å². The average Bonchev–Trinajstić information content (AvgIpc) is 2.39. The summed E-state index contributed by atoms with van der Waals surface area (Å²) in [4.78, 5) is 4.15. The van der Waals surface area contributed by atoms with Gasteiger partial charge in [-0.15, -0.1) is 0 Å². The Kier molecular flexibility index (Phi) is 4.09. The fourth-order valence-electron chi connectivity index (χ4n) is 1.85. The molecule has 0 aliphatic carbocycles. The third-order valence-corrected chi connectivity index (χ3v) is 2.87. The number of rotatable bonds is 4. The predicted molar refractivity (Wildman–Crippen MR) is 72.3 cm³/mol. The molecule has 19 heavy (non-hydrogen) atoms. The summed E-state index contributed by atoms with van der Waals surface area (Å²) in [6, 6.07) is 10.4. The second kappa shape index (κ2) is 5.96. The number of nitrogens with zero attached hydrogens (tertiary/aromatic N) is 2. The monoisotopic (exact) mass is 255 g/mol.